The van der Waals surface area contributed by atoms with E-state index in [0.717, 1.165) is 74.9 Å². The molecule has 1 aromatic heterocycles. The monoisotopic (exact) mass is 418 g/mol. The molecule has 0 N–H and O–H groups in total. The molecule has 0 unspecified atom stereocenters. The van der Waals surface area contributed by atoms with Gasteiger partial charge in [0.1, 0.15) is 40.8 Å². The Balaban J connectivity index is 1.54. The minimum Gasteiger partial charge on any atom is -0.458 e. The van der Waals surface area contributed by atoms with Gasteiger partial charge in [-0.25, -0.2) is 9.97 Å². The highest BCUT2D eigenvalue weighted by atomic mass is 16.5. The molecule has 0 amide bonds. The van der Waals surface area contributed by atoms with Crippen LogP contribution >= 0.6 is 0 Å². The minimum atomic E-state index is 0.0316. The predicted molar refractivity (Wildman–Crippen MR) is 124 cm³/mol. The average molecular weight is 418 g/mol. The lowest BCUT2D eigenvalue weighted by atomic mass is 9.33. The van der Waals surface area contributed by atoms with Crippen molar-refractivity contribution in [1.82, 2.24) is 9.97 Å². The van der Waals surface area contributed by atoms with Gasteiger partial charge < -0.3 is 14.2 Å². The number of rotatable bonds is 3. The normalized spacial score (nSPS) is 13.6. The third kappa shape index (κ3) is 2.35. The van der Waals surface area contributed by atoms with Crippen molar-refractivity contribution in [2.45, 2.75) is 26.7 Å². The third-order valence-corrected chi connectivity index (χ3v) is 6.67. The van der Waals surface area contributed by atoms with Gasteiger partial charge in [-0.2, -0.15) is 0 Å². The van der Waals surface area contributed by atoms with Crippen LogP contribution in [0.5, 0.6) is 34.5 Å². The molecule has 154 valence electrons. The van der Waals surface area contributed by atoms with Crippen molar-refractivity contribution in [3.8, 4) is 45.6 Å². The molecule has 7 rings (SSSR count). The summed E-state index contributed by atoms with van der Waals surface area (Å²) in [5.41, 5.74) is 7.52. The number of aryl methyl sites for hydroxylation is 2. The Morgan fingerprint density at radius 1 is 0.594 bits per heavy atom. The highest BCUT2D eigenvalue weighted by molar-refractivity contribution is 6.99. The first-order valence-corrected chi connectivity index (χ1v) is 11.0. The molecule has 32 heavy (non-hydrogen) atoms. The zero-order valence-electron chi connectivity index (χ0n) is 17.8. The van der Waals surface area contributed by atoms with Crippen molar-refractivity contribution >= 4 is 23.1 Å². The van der Waals surface area contributed by atoms with Crippen LogP contribution in [0.3, 0.4) is 0 Å². The summed E-state index contributed by atoms with van der Waals surface area (Å²) in [5.74, 6) is 5.13. The lowest BCUT2D eigenvalue weighted by Crippen LogP contribution is -2.59. The Hall–Kier alpha value is -3.80. The minimum absolute atomic E-state index is 0.0316. The molecule has 5 nitrogen and oxygen atoms in total. The highest BCUT2D eigenvalue weighted by Gasteiger charge is 2.46. The molecule has 0 saturated carbocycles. The fraction of sp³-hybridized carbons (Fsp3) is 0.154. The van der Waals surface area contributed by atoms with Gasteiger partial charge in [0.2, 0.25) is 0 Å². The molecular weight excluding hydrogens is 399 g/mol. The topological polar surface area (TPSA) is 53.5 Å². The molecule has 3 aliphatic rings. The van der Waals surface area contributed by atoms with Crippen LogP contribution in [0.15, 0.2) is 55.1 Å². The smallest absolute Gasteiger partial charge is 0.270 e. The summed E-state index contributed by atoms with van der Waals surface area (Å²) in [7, 11) is 0. The van der Waals surface area contributed by atoms with Gasteiger partial charge in [-0.15, -0.1) is 0 Å². The Morgan fingerprint density at radius 3 is 1.41 bits per heavy atom. The van der Waals surface area contributed by atoms with Crippen molar-refractivity contribution < 1.29 is 14.2 Å². The third-order valence-electron chi connectivity index (χ3n) is 6.67. The maximum atomic E-state index is 6.50. The van der Waals surface area contributed by atoms with E-state index in [0.29, 0.717) is 0 Å². The maximum Gasteiger partial charge on any atom is 0.270 e. The van der Waals surface area contributed by atoms with E-state index >= 15 is 0 Å². The first-order valence-electron chi connectivity index (χ1n) is 11.0. The molecule has 6 heteroatoms. The lowest BCUT2D eigenvalue weighted by Gasteiger charge is -2.38. The van der Waals surface area contributed by atoms with Crippen molar-refractivity contribution in [2.75, 3.05) is 0 Å². The van der Waals surface area contributed by atoms with Gasteiger partial charge in [0, 0.05) is 34.3 Å². The average Bonchev–Trinajstić information content (AvgIpc) is 2.83. The number of benzene rings is 3. The fourth-order valence-electron chi connectivity index (χ4n) is 5.08. The summed E-state index contributed by atoms with van der Waals surface area (Å²) in [6, 6.07) is 12.7. The molecule has 0 radical (unpaired) electrons. The van der Waals surface area contributed by atoms with E-state index in [-0.39, 0.29) is 6.71 Å². The molecule has 0 atom stereocenters. The van der Waals surface area contributed by atoms with Gasteiger partial charge in [0.25, 0.3) is 6.71 Å². The first kappa shape index (κ1) is 17.8. The fourth-order valence-corrected chi connectivity index (χ4v) is 5.08. The summed E-state index contributed by atoms with van der Waals surface area (Å²) in [5, 5.41) is 0. The number of hydrogen-bond donors (Lipinski definition) is 0. The van der Waals surface area contributed by atoms with Gasteiger partial charge in [-0.05, 0) is 65.9 Å². The Kier molecular flexibility index (Phi) is 3.55. The second-order valence-corrected chi connectivity index (χ2v) is 8.47. The van der Waals surface area contributed by atoms with E-state index in [1.54, 1.807) is 0 Å². The molecule has 0 bridgehead atoms. The number of nitrogens with zero attached hydrogens (tertiary/aromatic N) is 2. The molecule has 3 aliphatic heterocycles. The molecule has 0 spiro atoms. The summed E-state index contributed by atoms with van der Waals surface area (Å²) in [6.45, 7) is 4.33. The Labute approximate surface area is 186 Å². The van der Waals surface area contributed by atoms with Gasteiger partial charge in [-0.3, -0.25) is 0 Å². The van der Waals surface area contributed by atoms with Crippen LogP contribution in [-0.4, -0.2) is 16.7 Å². The zero-order valence-corrected chi connectivity index (χ0v) is 17.8. The summed E-state index contributed by atoms with van der Waals surface area (Å²) < 4.78 is 19.4. The quantitative estimate of drug-likeness (QED) is 0.405. The van der Waals surface area contributed by atoms with Gasteiger partial charge in [0.05, 0.1) is 0 Å². The zero-order chi connectivity index (χ0) is 21.4. The summed E-state index contributed by atoms with van der Waals surface area (Å²) in [6.07, 6.45) is 6.98. The van der Waals surface area contributed by atoms with E-state index in [1.165, 1.54) is 17.5 Å². The Morgan fingerprint density at radius 2 is 1.00 bits per heavy atom. The van der Waals surface area contributed by atoms with E-state index in [2.05, 4.69) is 60.2 Å². The predicted octanol–water partition coefficient (Wildman–Crippen LogP) is 4.10. The van der Waals surface area contributed by atoms with E-state index < -0.39 is 0 Å². The van der Waals surface area contributed by atoms with E-state index in [4.69, 9.17) is 14.2 Å². The van der Waals surface area contributed by atoms with Crippen LogP contribution in [-0.2, 0) is 12.8 Å². The maximum absolute atomic E-state index is 6.50. The van der Waals surface area contributed by atoms with Crippen LogP contribution in [0.2, 0.25) is 0 Å². The lowest BCUT2D eigenvalue weighted by molar-refractivity contribution is 0.441. The molecule has 0 saturated heterocycles. The SMILES string of the molecule is CCc1cc2c3c(c1)Oc1cc(-c4cncnc4)cc4c1B3c1c(cc(CC)cc1O4)O2. The highest BCUT2D eigenvalue weighted by Crippen LogP contribution is 2.44. The van der Waals surface area contributed by atoms with Crippen LogP contribution < -0.4 is 30.6 Å². The standard InChI is InChI=1S/C26H19BN2O3/c1-3-14-5-18-24-20(7-14)31-22-9-16(17-11-28-13-29-12-17)10-23-26(22)27(24)25-19(30-18)6-15(4-2)8-21(25)32-23/h5-13H,3-4H2,1-2H3. The van der Waals surface area contributed by atoms with Gasteiger partial charge in [0.15, 0.2) is 0 Å². The van der Waals surface area contributed by atoms with Crippen LogP contribution in [0.25, 0.3) is 11.1 Å². The molecule has 4 aromatic rings. The van der Waals surface area contributed by atoms with Crippen LogP contribution in [0.4, 0.5) is 0 Å². The van der Waals surface area contributed by atoms with Crippen molar-refractivity contribution in [3.63, 3.8) is 0 Å². The molecule has 0 aliphatic carbocycles. The molecule has 3 aromatic carbocycles. The van der Waals surface area contributed by atoms with Crippen molar-refractivity contribution in [1.29, 1.82) is 0 Å². The Bertz CT molecular complexity index is 1350. The number of ether oxygens (including phenoxy) is 3. The van der Waals surface area contributed by atoms with E-state index in [1.807, 2.05) is 12.4 Å². The summed E-state index contributed by atoms with van der Waals surface area (Å²) in [4.78, 5) is 8.37. The van der Waals surface area contributed by atoms with Crippen molar-refractivity contribution in [2.24, 2.45) is 0 Å². The van der Waals surface area contributed by atoms with E-state index in [9.17, 15) is 0 Å². The van der Waals surface area contributed by atoms with Crippen LogP contribution in [0, 0.1) is 0 Å². The molecule has 4 heterocycles. The largest absolute Gasteiger partial charge is 0.458 e. The van der Waals surface area contributed by atoms with Gasteiger partial charge in [-0.1, -0.05) is 13.8 Å². The molecule has 0 fully saturated rings. The van der Waals surface area contributed by atoms with Gasteiger partial charge >= 0.3 is 0 Å². The second kappa shape index (κ2) is 6.36. The van der Waals surface area contributed by atoms with Crippen LogP contribution in [0.1, 0.15) is 25.0 Å². The van der Waals surface area contributed by atoms with Crippen molar-refractivity contribution in [3.05, 3.63) is 66.2 Å². The number of hydrogen-bond acceptors (Lipinski definition) is 5. The summed E-state index contributed by atoms with van der Waals surface area (Å²) >= 11 is 0. The molecular formula is C26H19BN2O3. The first-order chi connectivity index (χ1) is 15.7. The number of aromatic nitrogens is 2. The second-order valence-electron chi connectivity index (χ2n) is 8.47.